The summed E-state index contributed by atoms with van der Waals surface area (Å²) in [7, 11) is 0. The van der Waals surface area contributed by atoms with Gasteiger partial charge >= 0.3 is 0 Å². The van der Waals surface area contributed by atoms with Crippen LogP contribution in [0.4, 0.5) is 0 Å². The van der Waals surface area contributed by atoms with Gasteiger partial charge in [-0.15, -0.1) is 0 Å². The quantitative estimate of drug-likeness (QED) is 0.613. The second-order valence-corrected chi connectivity index (χ2v) is 6.83. The van der Waals surface area contributed by atoms with Crippen LogP contribution in [0, 0.1) is 0 Å². The van der Waals surface area contributed by atoms with Gasteiger partial charge in [0, 0.05) is 6.42 Å². The average molecular weight is 377 g/mol. The highest BCUT2D eigenvalue weighted by molar-refractivity contribution is 5.97. The van der Waals surface area contributed by atoms with Crippen LogP contribution in [0.25, 0.3) is 0 Å². The van der Waals surface area contributed by atoms with Crippen molar-refractivity contribution in [2.24, 2.45) is 10.1 Å². The van der Waals surface area contributed by atoms with Crippen molar-refractivity contribution in [1.29, 1.82) is 0 Å². The molecule has 0 bridgehead atoms. The second-order valence-electron chi connectivity index (χ2n) is 6.83. The molecule has 0 saturated carbocycles. The number of aliphatic imine (C=N–C) groups is 1. The fourth-order valence-corrected chi connectivity index (χ4v) is 3.25. The number of aliphatic hydroxyl groups excluding tert-OH is 1. The fraction of sp³-hybridized carbons (Fsp3) is 0.238. The number of hydrazone groups is 1. The molecule has 144 valence electrons. The van der Waals surface area contributed by atoms with Crippen molar-refractivity contribution < 1.29 is 10.2 Å². The number of phenolic OH excluding ortho intramolecular Hbond substituents is 1. The Labute approximate surface area is 163 Å². The summed E-state index contributed by atoms with van der Waals surface area (Å²) in [5, 5.41) is 25.5. The molecule has 0 aliphatic carbocycles. The lowest BCUT2D eigenvalue weighted by Gasteiger charge is -2.30. The predicted octanol–water partition coefficient (Wildman–Crippen LogP) is 1.56. The summed E-state index contributed by atoms with van der Waals surface area (Å²) >= 11 is 0. The summed E-state index contributed by atoms with van der Waals surface area (Å²) in [5.41, 5.74) is 8.56. The topological polar surface area (TPSA) is 92.5 Å². The molecule has 1 unspecified atom stereocenters. The Bertz CT molecular complexity index is 893. The van der Waals surface area contributed by atoms with Crippen LogP contribution in [0.2, 0.25) is 0 Å². The van der Waals surface area contributed by atoms with Gasteiger partial charge in [-0.05, 0) is 41.8 Å². The highest BCUT2D eigenvalue weighted by Crippen LogP contribution is 2.16. The number of amidine groups is 2. The van der Waals surface area contributed by atoms with E-state index in [9.17, 15) is 10.2 Å². The lowest BCUT2D eigenvalue weighted by Crippen LogP contribution is -2.53. The number of aliphatic hydroxyl groups is 1. The summed E-state index contributed by atoms with van der Waals surface area (Å²) in [6.45, 7) is -0.0238. The number of nitrogens with zero attached hydrogens (tertiary/aromatic N) is 3. The Morgan fingerprint density at radius 1 is 1.07 bits per heavy atom. The van der Waals surface area contributed by atoms with Crippen LogP contribution in [-0.4, -0.2) is 45.7 Å². The van der Waals surface area contributed by atoms with Crippen LogP contribution in [0.5, 0.6) is 5.75 Å². The number of hydrogen-bond acceptors (Lipinski definition) is 6. The molecule has 2 aliphatic rings. The van der Waals surface area contributed by atoms with Crippen LogP contribution in [0.1, 0.15) is 11.1 Å². The van der Waals surface area contributed by atoms with Gasteiger partial charge in [0.15, 0.2) is 6.17 Å². The highest BCUT2D eigenvalue weighted by atomic mass is 16.3. The first-order valence-corrected chi connectivity index (χ1v) is 9.28. The molecular weight excluding hydrogens is 354 g/mol. The van der Waals surface area contributed by atoms with Gasteiger partial charge in [-0.3, -0.25) is 15.8 Å². The van der Waals surface area contributed by atoms with Gasteiger partial charge in [-0.1, -0.05) is 42.5 Å². The molecule has 4 N–H and O–H groups in total. The molecule has 0 fully saturated rings. The normalized spacial score (nSPS) is 20.3. The van der Waals surface area contributed by atoms with E-state index in [0.29, 0.717) is 18.7 Å². The number of fused-ring (bicyclic) bond motifs is 1. The molecule has 2 atom stereocenters. The van der Waals surface area contributed by atoms with E-state index in [-0.39, 0.29) is 24.6 Å². The molecule has 2 aromatic carbocycles. The van der Waals surface area contributed by atoms with Gasteiger partial charge in [-0.2, -0.15) is 5.10 Å². The van der Waals surface area contributed by atoms with Gasteiger partial charge in [0.25, 0.3) is 0 Å². The smallest absolute Gasteiger partial charge is 0.155 e. The number of benzene rings is 2. The van der Waals surface area contributed by atoms with E-state index in [2.05, 4.69) is 20.9 Å². The van der Waals surface area contributed by atoms with E-state index < -0.39 is 0 Å². The minimum Gasteiger partial charge on any atom is -0.508 e. The zero-order chi connectivity index (χ0) is 19.3. The molecule has 2 aromatic rings. The summed E-state index contributed by atoms with van der Waals surface area (Å²) in [4.78, 5) is 4.67. The van der Waals surface area contributed by atoms with E-state index in [0.717, 1.165) is 17.0 Å². The molecule has 28 heavy (non-hydrogen) atoms. The first kappa shape index (κ1) is 18.1. The zero-order valence-corrected chi connectivity index (χ0v) is 15.4. The minimum absolute atomic E-state index is 0.0238. The Kier molecular flexibility index (Phi) is 5.25. The number of hydrazine groups is 1. The molecule has 2 aliphatic heterocycles. The molecule has 0 radical (unpaired) electrons. The van der Waals surface area contributed by atoms with Gasteiger partial charge in [0.05, 0.1) is 12.6 Å². The van der Waals surface area contributed by atoms with Crippen molar-refractivity contribution in [3.63, 3.8) is 0 Å². The summed E-state index contributed by atoms with van der Waals surface area (Å²) in [5.74, 6) is 1.76. The zero-order valence-electron chi connectivity index (χ0n) is 15.4. The van der Waals surface area contributed by atoms with Crippen LogP contribution < -0.4 is 10.9 Å². The number of aromatic hydroxyl groups is 1. The number of rotatable bonds is 6. The third-order valence-electron chi connectivity index (χ3n) is 4.70. The molecule has 0 spiro atoms. The van der Waals surface area contributed by atoms with Crippen LogP contribution in [0.15, 0.2) is 76.8 Å². The Balaban J connectivity index is 1.45. The molecule has 7 nitrogen and oxygen atoms in total. The molecule has 2 heterocycles. The Morgan fingerprint density at radius 3 is 2.61 bits per heavy atom. The Hall–Kier alpha value is -3.32. The third kappa shape index (κ3) is 4.15. The maximum absolute atomic E-state index is 9.75. The van der Waals surface area contributed by atoms with Crippen molar-refractivity contribution in [2.45, 2.75) is 25.0 Å². The third-order valence-corrected chi connectivity index (χ3v) is 4.70. The minimum atomic E-state index is -0.223. The fourth-order valence-electron chi connectivity index (χ4n) is 3.25. The van der Waals surface area contributed by atoms with Crippen LogP contribution in [0.3, 0.4) is 0 Å². The van der Waals surface area contributed by atoms with Crippen molar-refractivity contribution in [2.75, 3.05) is 6.61 Å². The second kappa shape index (κ2) is 8.14. The first-order chi connectivity index (χ1) is 13.7. The highest BCUT2D eigenvalue weighted by Gasteiger charge is 2.29. The monoisotopic (exact) mass is 377 g/mol. The van der Waals surface area contributed by atoms with E-state index in [1.54, 1.807) is 12.1 Å². The van der Waals surface area contributed by atoms with Crippen molar-refractivity contribution >= 4 is 11.7 Å². The van der Waals surface area contributed by atoms with Crippen LogP contribution >= 0.6 is 0 Å². The van der Waals surface area contributed by atoms with Crippen molar-refractivity contribution in [3.8, 4) is 5.75 Å². The summed E-state index contributed by atoms with van der Waals surface area (Å²) < 4.78 is 0. The van der Waals surface area contributed by atoms with Gasteiger partial charge in [0.1, 0.15) is 17.4 Å². The predicted molar refractivity (Wildman–Crippen MR) is 109 cm³/mol. The van der Waals surface area contributed by atoms with Gasteiger partial charge < -0.3 is 10.2 Å². The standard InChI is InChI=1S/C21H23N5O2/c27-14-17(12-15-4-2-1-3-5-15)22-19-10-11-20-23-24-21(26(20)25-19)13-16-6-8-18(28)9-7-16/h1-11,17,20,23,27-28H,12-14H2,(H,22,25)/t17-,20?/m0/s1. The molecule has 4 rings (SSSR count). The van der Waals surface area contributed by atoms with Crippen LogP contribution in [-0.2, 0) is 12.8 Å². The van der Waals surface area contributed by atoms with E-state index in [1.165, 1.54) is 0 Å². The molecule has 7 heteroatoms. The van der Waals surface area contributed by atoms with Crippen molar-refractivity contribution in [1.82, 2.24) is 15.9 Å². The SMILES string of the molecule is OC[C@H](Cc1ccccc1)N=C1C=CC2NN=C(Cc3ccc(O)cc3)N2N1. The van der Waals surface area contributed by atoms with E-state index in [4.69, 9.17) is 0 Å². The van der Waals surface area contributed by atoms with Gasteiger partial charge in [-0.25, -0.2) is 5.01 Å². The maximum atomic E-state index is 9.75. The number of hydrogen-bond donors (Lipinski definition) is 4. The molecule has 0 saturated heterocycles. The summed E-state index contributed by atoms with van der Waals surface area (Å²) in [6, 6.07) is 16.9. The lowest BCUT2D eigenvalue weighted by molar-refractivity contribution is 0.263. The first-order valence-electron chi connectivity index (χ1n) is 9.28. The van der Waals surface area contributed by atoms with Gasteiger partial charge in [0.2, 0.25) is 0 Å². The van der Waals surface area contributed by atoms with Crippen molar-refractivity contribution in [3.05, 3.63) is 77.9 Å². The van der Waals surface area contributed by atoms with E-state index >= 15 is 0 Å². The number of phenols is 1. The molecule has 0 amide bonds. The lowest BCUT2D eigenvalue weighted by atomic mass is 10.1. The largest absolute Gasteiger partial charge is 0.508 e. The molecule has 0 aromatic heterocycles. The Morgan fingerprint density at radius 2 is 1.86 bits per heavy atom. The molecular formula is C21H23N5O2. The summed E-state index contributed by atoms with van der Waals surface area (Å²) in [6.07, 6.45) is 5.10. The number of nitrogens with one attached hydrogen (secondary N) is 2. The average Bonchev–Trinajstić information content (AvgIpc) is 3.12. The van der Waals surface area contributed by atoms with E-state index in [1.807, 2.05) is 59.6 Å². The maximum Gasteiger partial charge on any atom is 0.155 e.